The van der Waals surface area contributed by atoms with E-state index in [1.54, 1.807) is 0 Å². The molecule has 1 aromatic carbocycles. The zero-order chi connectivity index (χ0) is 12.1. The van der Waals surface area contributed by atoms with Crippen LogP contribution in [-0.2, 0) is 9.53 Å². The standard InChI is InChI=1S/C12H18N2O2/c1-9-6-4-5-7-10(9)14(2)11(8-13)12(15)16-3/h4-7,11H,8,13H2,1-3H3. The van der Waals surface area contributed by atoms with E-state index < -0.39 is 6.04 Å². The molecule has 0 aliphatic carbocycles. The first-order valence-corrected chi connectivity index (χ1v) is 5.18. The van der Waals surface area contributed by atoms with E-state index in [4.69, 9.17) is 10.5 Å². The van der Waals surface area contributed by atoms with Crippen molar-refractivity contribution in [2.24, 2.45) is 5.73 Å². The van der Waals surface area contributed by atoms with Crippen LogP contribution in [0.4, 0.5) is 5.69 Å². The summed E-state index contributed by atoms with van der Waals surface area (Å²) in [6, 6.07) is 7.41. The zero-order valence-electron chi connectivity index (χ0n) is 9.93. The molecule has 0 heterocycles. The lowest BCUT2D eigenvalue weighted by Crippen LogP contribution is -2.45. The van der Waals surface area contributed by atoms with Crippen LogP contribution in [0.25, 0.3) is 0 Å². The van der Waals surface area contributed by atoms with Crippen molar-refractivity contribution in [1.29, 1.82) is 0 Å². The molecule has 0 aliphatic rings. The minimum Gasteiger partial charge on any atom is -0.467 e. The van der Waals surface area contributed by atoms with E-state index in [0.717, 1.165) is 11.3 Å². The Bertz CT molecular complexity index is 366. The molecule has 0 spiro atoms. The van der Waals surface area contributed by atoms with Crippen molar-refractivity contribution in [1.82, 2.24) is 0 Å². The van der Waals surface area contributed by atoms with Gasteiger partial charge in [-0.05, 0) is 18.6 Å². The van der Waals surface area contributed by atoms with Gasteiger partial charge in [0.1, 0.15) is 6.04 Å². The second kappa shape index (κ2) is 5.51. The van der Waals surface area contributed by atoms with Gasteiger partial charge in [-0.1, -0.05) is 18.2 Å². The van der Waals surface area contributed by atoms with Crippen LogP contribution in [0.15, 0.2) is 24.3 Å². The molecular weight excluding hydrogens is 204 g/mol. The predicted molar refractivity (Wildman–Crippen MR) is 64.4 cm³/mol. The third-order valence-corrected chi connectivity index (χ3v) is 2.66. The highest BCUT2D eigenvalue weighted by Gasteiger charge is 2.23. The summed E-state index contributed by atoms with van der Waals surface area (Å²) in [5.74, 6) is -0.312. The Kier molecular flexibility index (Phi) is 4.31. The molecular formula is C12H18N2O2. The number of carbonyl (C=O) groups is 1. The summed E-state index contributed by atoms with van der Waals surface area (Å²) in [5.41, 5.74) is 7.69. The SMILES string of the molecule is COC(=O)C(CN)N(C)c1ccccc1C. The normalized spacial score (nSPS) is 12.0. The Labute approximate surface area is 96.0 Å². The number of nitrogens with zero attached hydrogens (tertiary/aromatic N) is 1. The molecule has 0 radical (unpaired) electrons. The molecule has 1 aromatic rings. The second-order valence-corrected chi connectivity index (χ2v) is 3.67. The van der Waals surface area contributed by atoms with Gasteiger partial charge in [-0.3, -0.25) is 0 Å². The molecule has 4 heteroatoms. The van der Waals surface area contributed by atoms with Crippen molar-refractivity contribution in [2.75, 3.05) is 25.6 Å². The molecule has 4 nitrogen and oxygen atoms in total. The van der Waals surface area contributed by atoms with Crippen molar-refractivity contribution < 1.29 is 9.53 Å². The number of ether oxygens (including phenoxy) is 1. The molecule has 0 saturated heterocycles. The Hall–Kier alpha value is -1.55. The monoisotopic (exact) mass is 222 g/mol. The fourth-order valence-electron chi connectivity index (χ4n) is 1.68. The highest BCUT2D eigenvalue weighted by Crippen LogP contribution is 2.20. The Morgan fingerprint density at radius 2 is 2.12 bits per heavy atom. The number of rotatable bonds is 4. The van der Waals surface area contributed by atoms with Crippen LogP contribution in [0.2, 0.25) is 0 Å². The molecule has 88 valence electrons. The van der Waals surface area contributed by atoms with Gasteiger partial charge in [-0.15, -0.1) is 0 Å². The van der Waals surface area contributed by atoms with E-state index in [-0.39, 0.29) is 12.5 Å². The van der Waals surface area contributed by atoms with Crippen LogP contribution in [-0.4, -0.2) is 32.7 Å². The Morgan fingerprint density at radius 1 is 1.50 bits per heavy atom. The highest BCUT2D eigenvalue weighted by atomic mass is 16.5. The van der Waals surface area contributed by atoms with E-state index >= 15 is 0 Å². The third kappa shape index (κ3) is 2.52. The van der Waals surface area contributed by atoms with Crippen LogP contribution < -0.4 is 10.6 Å². The van der Waals surface area contributed by atoms with Gasteiger partial charge in [0, 0.05) is 19.3 Å². The van der Waals surface area contributed by atoms with Crippen LogP contribution in [0.5, 0.6) is 0 Å². The fraction of sp³-hybridized carbons (Fsp3) is 0.417. The summed E-state index contributed by atoms with van der Waals surface area (Å²) in [5, 5.41) is 0. The van der Waals surface area contributed by atoms with Gasteiger partial charge >= 0.3 is 5.97 Å². The van der Waals surface area contributed by atoms with Crippen molar-refractivity contribution in [3.63, 3.8) is 0 Å². The van der Waals surface area contributed by atoms with Crippen LogP contribution in [0.3, 0.4) is 0 Å². The lowest BCUT2D eigenvalue weighted by Gasteiger charge is -2.28. The molecule has 1 rings (SSSR count). The number of carbonyl (C=O) groups excluding carboxylic acids is 1. The number of anilines is 1. The zero-order valence-corrected chi connectivity index (χ0v) is 9.93. The minimum atomic E-state index is -0.439. The lowest BCUT2D eigenvalue weighted by molar-refractivity contribution is -0.141. The molecule has 0 aliphatic heterocycles. The van der Waals surface area contributed by atoms with Gasteiger partial charge in [0.15, 0.2) is 0 Å². The van der Waals surface area contributed by atoms with E-state index in [2.05, 4.69) is 0 Å². The van der Waals surface area contributed by atoms with E-state index in [0.29, 0.717) is 0 Å². The maximum absolute atomic E-state index is 11.5. The van der Waals surface area contributed by atoms with E-state index in [1.807, 2.05) is 43.1 Å². The molecule has 2 N–H and O–H groups in total. The summed E-state index contributed by atoms with van der Waals surface area (Å²) in [6.45, 7) is 2.23. The number of methoxy groups -OCH3 is 1. The van der Waals surface area contributed by atoms with Gasteiger partial charge in [-0.25, -0.2) is 4.79 Å². The van der Waals surface area contributed by atoms with Crippen molar-refractivity contribution in [3.8, 4) is 0 Å². The average Bonchev–Trinajstić information content (AvgIpc) is 2.30. The van der Waals surface area contributed by atoms with Crippen molar-refractivity contribution >= 4 is 11.7 Å². The second-order valence-electron chi connectivity index (χ2n) is 3.67. The molecule has 0 fully saturated rings. The lowest BCUT2D eigenvalue weighted by atomic mass is 10.1. The molecule has 0 aromatic heterocycles. The summed E-state index contributed by atoms with van der Waals surface area (Å²) in [7, 11) is 3.22. The number of para-hydroxylation sites is 1. The summed E-state index contributed by atoms with van der Waals surface area (Å²) >= 11 is 0. The third-order valence-electron chi connectivity index (χ3n) is 2.66. The first-order valence-electron chi connectivity index (χ1n) is 5.18. The first-order chi connectivity index (χ1) is 7.61. The van der Waals surface area contributed by atoms with Crippen LogP contribution in [0, 0.1) is 6.92 Å². The van der Waals surface area contributed by atoms with Gasteiger partial charge in [0.25, 0.3) is 0 Å². The highest BCUT2D eigenvalue weighted by molar-refractivity contribution is 5.80. The quantitative estimate of drug-likeness (QED) is 0.770. The molecule has 0 bridgehead atoms. The Morgan fingerprint density at radius 3 is 2.62 bits per heavy atom. The number of esters is 1. The summed E-state index contributed by atoms with van der Waals surface area (Å²) in [6.07, 6.45) is 0. The topological polar surface area (TPSA) is 55.6 Å². The molecule has 1 unspecified atom stereocenters. The van der Waals surface area contributed by atoms with Gasteiger partial charge < -0.3 is 15.4 Å². The maximum atomic E-state index is 11.5. The molecule has 0 saturated carbocycles. The van der Waals surface area contributed by atoms with Crippen LogP contribution >= 0.6 is 0 Å². The largest absolute Gasteiger partial charge is 0.467 e. The molecule has 0 amide bonds. The number of nitrogens with two attached hydrogens (primary N) is 1. The number of aryl methyl sites for hydroxylation is 1. The van der Waals surface area contributed by atoms with Gasteiger partial charge in [0.2, 0.25) is 0 Å². The summed E-state index contributed by atoms with van der Waals surface area (Å²) in [4.78, 5) is 13.4. The predicted octanol–water partition coefficient (Wildman–Crippen LogP) is 0.932. The smallest absolute Gasteiger partial charge is 0.329 e. The molecule has 16 heavy (non-hydrogen) atoms. The maximum Gasteiger partial charge on any atom is 0.329 e. The van der Waals surface area contributed by atoms with E-state index in [1.165, 1.54) is 7.11 Å². The van der Waals surface area contributed by atoms with Gasteiger partial charge in [-0.2, -0.15) is 0 Å². The Balaban J connectivity index is 2.95. The van der Waals surface area contributed by atoms with Gasteiger partial charge in [0.05, 0.1) is 7.11 Å². The first kappa shape index (κ1) is 12.5. The summed E-state index contributed by atoms with van der Waals surface area (Å²) < 4.78 is 4.73. The minimum absolute atomic E-state index is 0.234. The number of likely N-dealkylation sites (N-methyl/N-ethyl adjacent to an activating group) is 1. The van der Waals surface area contributed by atoms with E-state index in [9.17, 15) is 4.79 Å². The average molecular weight is 222 g/mol. The van der Waals surface area contributed by atoms with Crippen molar-refractivity contribution in [3.05, 3.63) is 29.8 Å². The number of benzene rings is 1. The van der Waals surface area contributed by atoms with Crippen molar-refractivity contribution in [2.45, 2.75) is 13.0 Å². The number of hydrogen-bond acceptors (Lipinski definition) is 4. The van der Waals surface area contributed by atoms with Crippen LogP contribution in [0.1, 0.15) is 5.56 Å². The number of hydrogen-bond donors (Lipinski definition) is 1. The molecule has 1 atom stereocenters. The fourth-order valence-corrected chi connectivity index (χ4v) is 1.68.